The molecule has 0 unspecified atom stereocenters. The van der Waals surface area contributed by atoms with Crippen molar-refractivity contribution in [1.82, 2.24) is 19.4 Å². The molecule has 3 aromatic rings. The maximum Gasteiger partial charge on any atom is 0.223 e. The van der Waals surface area contributed by atoms with Gasteiger partial charge in [-0.3, -0.25) is 4.79 Å². The van der Waals surface area contributed by atoms with Crippen LogP contribution in [-0.4, -0.2) is 51.5 Å². The Labute approximate surface area is 171 Å². The van der Waals surface area contributed by atoms with E-state index in [1.54, 1.807) is 0 Å². The number of nitrogens with zero attached hydrogens (tertiary/aromatic N) is 5. The zero-order valence-electron chi connectivity index (χ0n) is 17.1. The maximum absolute atomic E-state index is 12.6. The minimum atomic E-state index is 0.234. The highest BCUT2D eigenvalue weighted by atomic mass is 16.2. The van der Waals surface area contributed by atoms with Gasteiger partial charge in [0.2, 0.25) is 5.91 Å². The molecule has 0 spiro atoms. The highest BCUT2D eigenvalue weighted by molar-refractivity contribution is 5.76. The Balaban J connectivity index is 1.35. The number of hydrogen-bond acceptors (Lipinski definition) is 4. The predicted molar refractivity (Wildman–Crippen MR) is 114 cm³/mol. The molecule has 2 aromatic heterocycles. The molecule has 0 saturated carbocycles. The molecule has 0 aliphatic carbocycles. The number of carbonyl (C=O) groups is 1. The van der Waals surface area contributed by atoms with Gasteiger partial charge < -0.3 is 14.4 Å². The lowest BCUT2D eigenvalue weighted by Gasteiger charge is -2.35. The van der Waals surface area contributed by atoms with Crippen molar-refractivity contribution in [3.05, 3.63) is 71.8 Å². The Bertz CT molecular complexity index is 975. The fourth-order valence-electron chi connectivity index (χ4n) is 3.78. The second-order valence-electron chi connectivity index (χ2n) is 7.58. The van der Waals surface area contributed by atoms with Crippen LogP contribution in [0.4, 0.5) is 5.82 Å². The van der Waals surface area contributed by atoms with E-state index in [9.17, 15) is 4.79 Å². The highest BCUT2D eigenvalue weighted by Gasteiger charge is 2.22. The summed E-state index contributed by atoms with van der Waals surface area (Å²) >= 11 is 0. The van der Waals surface area contributed by atoms with Gasteiger partial charge in [-0.2, -0.15) is 0 Å². The van der Waals surface area contributed by atoms with Crippen molar-refractivity contribution in [2.45, 2.75) is 26.7 Å². The van der Waals surface area contributed by atoms with E-state index in [1.165, 1.54) is 11.1 Å². The number of aryl methyl sites for hydroxylation is 3. The SMILES string of the molecule is Cc1cccc(CCC(=O)N2CCN(c3cc(-n4cccc4)nc(C)n3)CC2)c1. The van der Waals surface area contributed by atoms with Gasteiger partial charge in [0.15, 0.2) is 0 Å². The van der Waals surface area contributed by atoms with E-state index in [0.717, 1.165) is 50.1 Å². The fourth-order valence-corrected chi connectivity index (χ4v) is 3.78. The van der Waals surface area contributed by atoms with Gasteiger partial charge in [0.1, 0.15) is 17.5 Å². The van der Waals surface area contributed by atoms with Crippen molar-refractivity contribution in [3.63, 3.8) is 0 Å². The van der Waals surface area contributed by atoms with Crippen LogP contribution in [0.5, 0.6) is 0 Å². The molecule has 1 aliphatic rings. The smallest absolute Gasteiger partial charge is 0.223 e. The first-order valence-corrected chi connectivity index (χ1v) is 10.2. The molecule has 0 atom stereocenters. The summed E-state index contributed by atoms with van der Waals surface area (Å²) in [5.41, 5.74) is 2.47. The van der Waals surface area contributed by atoms with Crippen molar-refractivity contribution in [3.8, 4) is 5.82 Å². The number of benzene rings is 1. The van der Waals surface area contributed by atoms with Gasteiger partial charge in [0, 0.05) is 51.1 Å². The van der Waals surface area contributed by atoms with Crippen molar-refractivity contribution in [2.24, 2.45) is 0 Å². The van der Waals surface area contributed by atoms with Crippen LogP contribution in [0.2, 0.25) is 0 Å². The summed E-state index contributed by atoms with van der Waals surface area (Å²) in [6.45, 7) is 7.04. The normalized spacial score (nSPS) is 14.3. The van der Waals surface area contributed by atoms with Crippen LogP contribution >= 0.6 is 0 Å². The van der Waals surface area contributed by atoms with Crippen LogP contribution in [0.25, 0.3) is 5.82 Å². The zero-order valence-corrected chi connectivity index (χ0v) is 17.1. The van der Waals surface area contributed by atoms with Crippen LogP contribution in [0.3, 0.4) is 0 Å². The van der Waals surface area contributed by atoms with E-state index < -0.39 is 0 Å². The standard InChI is InChI=1S/C23H27N5O/c1-18-6-5-7-20(16-18)8-9-23(29)28-14-12-27(13-15-28)22-17-21(24-19(2)25-22)26-10-3-4-11-26/h3-7,10-11,16-17H,8-9,12-15H2,1-2H3. The van der Waals surface area contributed by atoms with Gasteiger partial charge in [-0.25, -0.2) is 9.97 Å². The van der Waals surface area contributed by atoms with Crippen molar-refractivity contribution < 1.29 is 4.79 Å². The lowest BCUT2D eigenvalue weighted by molar-refractivity contribution is -0.131. The number of piperazine rings is 1. The third kappa shape index (κ3) is 4.65. The molecule has 1 aromatic carbocycles. The van der Waals surface area contributed by atoms with Crippen molar-refractivity contribution in [1.29, 1.82) is 0 Å². The topological polar surface area (TPSA) is 54.3 Å². The third-order valence-corrected chi connectivity index (χ3v) is 5.35. The van der Waals surface area contributed by atoms with Gasteiger partial charge >= 0.3 is 0 Å². The Morgan fingerprint density at radius 3 is 2.38 bits per heavy atom. The molecule has 1 amide bonds. The first kappa shape index (κ1) is 19.2. The highest BCUT2D eigenvalue weighted by Crippen LogP contribution is 2.18. The first-order valence-electron chi connectivity index (χ1n) is 10.2. The number of hydrogen-bond donors (Lipinski definition) is 0. The summed E-state index contributed by atoms with van der Waals surface area (Å²) in [6, 6.07) is 14.4. The van der Waals surface area contributed by atoms with E-state index in [2.05, 4.69) is 46.1 Å². The molecule has 0 N–H and O–H groups in total. The van der Waals surface area contributed by atoms with Crippen LogP contribution in [0.1, 0.15) is 23.4 Å². The monoisotopic (exact) mass is 389 g/mol. The van der Waals surface area contributed by atoms with Crippen molar-refractivity contribution in [2.75, 3.05) is 31.1 Å². The first-order chi connectivity index (χ1) is 14.1. The van der Waals surface area contributed by atoms with Gasteiger partial charge in [-0.05, 0) is 38.0 Å². The molecule has 1 fully saturated rings. The van der Waals surface area contributed by atoms with Crippen LogP contribution in [0.15, 0.2) is 54.9 Å². The molecule has 6 heteroatoms. The lowest BCUT2D eigenvalue weighted by atomic mass is 10.1. The lowest BCUT2D eigenvalue weighted by Crippen LogP contribution is -2.49. The Hall–Kier alpha value is -3.15. The van der Waals surface area contributed by atoms with Gasteiger partial charge in [-0.15, -0.1) is 0 Å². The Kier molecular flexibility index (Phi) is 5.60. The van der Waals surface area contributed by atoms with Gasteiger partial charge in [0.25, 0.3) is 0 Å². The van der Waals surface area contributed by atoms with Crippen LogP contribution in [-0.2, 0) is 11.2 Å². The number of aromatic nitrogens is 3. The van der Waals surface area contributed by atoms with Crippen LogP contribution in [0, 0.1) is 13.8 Å². The molecule has 150 valence electrons. The van der Waals surface area contributed by atoms with E-state index in [-0.39, 0.29) is 5.91 Å². The molecule has 3 heterocycles. The predicted octanol–water partition coefficient (Wildman–Crippen LogP) is 3.17. The van der Waals surface area contributed by atoms with E-state index >= 15 is 0 Å². The Morgan fingerprint density at radius 1 is 0.931 bits per heavy atom. The molecule has 0 bridgehead atoms. The summed E-state index contributed by atoms with van der Waals surface area (Å²) in [6.07, 6.45) is 5.33. The minimum Gasteiger partial charge on any atom is -0.353 e. The molecule has 1 aliphatic heterocycles. The second-order valence-corrected chi connectivity index (χ2v) is 7.58. The van der Waals surface area contributed by atoms with E-state index in [0.29, 0.717) is 6.42 Å². The van der Waals surface area contributed by atoms with E-state index in [4.69, 9.17) is 0 Å². The second kappa shape index (κ2) is 8.47. The summed E-state index contributed by atoms with van der Waals surface area (Å²) in [7, 11) is 0. The molecular weight excluding hydrogens is 362 g/mol. The molecule has 1 saturated heterocycles. The van der Waals surface area contributed by atoms with Crippen LogP contribution < -0.4 is 4.90 Å². The average Bonchev–Trinajstić information content (AvgIpc) is 3.27. The summed E-state index contributed by atoms with van der Waals surface area (Å²) in [5, 5.41) is 0. The minimum absolute atomic E-state index is 0.234. The molecule has 29 heavy (non-hydrogen) atoms. The molecular formula is C23H27N5O. The molecule has 6 nitrogen and oxygen atoms in total. The number of rotatable bonds is 5. The summed E-state index contributed by atoms with van der Waals surface area (Å²) in [4.78, 5) is 26.0. The third-order valence-electron chi connectivity index (χ3n) is 5.35. The zero-order chi connectivity index (χ0) is 20.2. The maximum atomic E-state index is 12.6. The molecule has 4 rings (SSSR count). The number of carbonyl (C=O) groups excluding carboxylic acids is 1. The van der Waals surface area contributed by atoms with E-state index in [1.807, 2.05) is 47.0 Å². The largest absolute Gasteiger partial charge is 0.353 e. The molecule has 0 radical (unpaired) electrons. The Morgan fingerprint density at radius 2 is 1.66 bits per heavy atom. The number of anilines is 1. The van der Waals surface area contributed by atoms with Crippen molar-refractivity contribution >= 4 is 11.7 Å². The fraction of sp³-hybridized carbons (Fsp3) is 0.348. The van der Waals surface area contributed by atoms with Gasteiger partial charge in [-0.1, -0.05) is 29.8 Å². The summed E-state index contributed by atoms with van der Waals surface area (Å²) < 4.78 is 1.99. The average molecular weight is 390 g/mol. The quantitative estimate of drug-likeness (QED) is 0.673. The summed E-state index contributed by atoms with van der Waals surface area (Å²) in [5.74, 6) is 2.78. The van der Waals surface area contributed by atoms with Gasteiger partial charge in [0.05, 0.1) is 0 Å². The number of amides is 1.